The van der Waals surface area contributed by atoms with Gasteiger partial charge in [-0.2, -0.15) is 5.26 Å². The minimum Gasteiger partial charge on any atom is -0.494 e. The molecule has 0 unspecified atom stereocenters. The molecule has 0 atom stereocenters. The summed E-state index contributed by atoms with van der Waals surface area (Å²) in [6, 6.07) is 15.1. The molecular formula is C16H15ClN2O. The average Bonchev–Trinajstić information content (AvgIpc) is 2.48. The maximum atomic E-state index is 8.79. The van der Waals surface area contributed by atoms with Crippen LogP contribution < -0.4 is 10.1 Å². The minimum atomic E-state index is 0.569. The van der Waals surface area contributed by atoms with Gasteiger partial charge >= 0.3 is 0 Å². The number of rotatable bonds is 5. The van der Waals surface area contributed by atoms with E-state index in [0.717, 1.165) is 17.0 Å². The molecule has 0 aliphatic carbocycles. The smallest absolute Gasteiger partial charge is 0.119 e. The number of nitrogens with zero attached hydrogens (tertiary/aromatic N) is 1. The van der Waals surface area contributed by atoms with E-state index in [1.165, 1.54) is 0 Å². The van der Waals surface area contributed by atoms with Gasteiger partial charge in [0, 0.05) is 17.3 Å². The maximum absolute atomic E-state index is 8.79. The molecule has 0 radical (unpaired) electrons. The van der Waals surface area contributed by atoms with Gasteiger partial charge in [-0.25, -0.2) is 0 Å². The summed E-state index contributed by atoms with van der Waals surface area (Å²) in [5.41, 5.74) is 2.52. The Bertz CT molecular complexity index is 617. The van der Waals surface area contributed by atoms with Crippen LogP contribution >= 0.6 is 11.6 Å². The minimum absolute atomic E-state index is 0.569. The molecule has 102 valence electrons. The van der Waals surface area contributed by atoms with Gasteiger partial charge in [0.1, 0.15) is 5.75 Å². The van der Waals surface area contributed by atoms with E-state index in [1.54, 1.807) is 12.1 Å². The van der Waals surface area contributed by atoms with Gasteiger partial charge in [0.05, 0.1) is 18.2 Å². The van der Waals surface area contributed by atoms with Crippen LogP contribution in [-0.4, -0.2) is 6.61 Å². The van der Waals surface area contributed by atoms with Crippen molar-refractivity contribution in [3.8, 4) is 11.8 Å². The zero-order chi connectivity index (χ0) is 14.4. The fraction of sp³-hybridized carbons (Fsp3) is 0.188. The Labute approximate surface area is 123 Å². The van der Waals surface area contributed by atoms with Crippen LogP contribution in [0.3, 0.4) is 0 Å². The van der Waals surface area contributed by atoms with Crippen molar-refractivity contribution in [2.45, 2.75) is 13.5 Å². The van der Waals surface area contributed by atoms with Crippen LogP contribution in [0.4, 0.5) is 5.69 Å². The third-order valence-electron chi connectivity index (χ3n) is 2.83. The van der Waals surface area contributed by atoms with Crippen LogP contribution in [-0.2, 0) is 6.54 Å². The first-order valence-electron chi connectivity index (χ1n) is 6.38. The van der Waals surface area contributed by atoms with E-state index >= 15 is 0 Å². The SMILES string of the molecule is CCOc1ccc(NCc2ccc(C#N)cc2Cl)cc1. The predicted molar refractivity (Wildman–Crippen MR) is 81.1 cm³/mol. The Morgan fingerprint density at radius 2 is 1.95 bits per heavy atom. The maximum Gasteiger partial charge on any atom is 0.119 e. The molecule has 0 amide bonds. The van der Waals surface area contributed by atoms with Gasteiger partial charge in [-0.1, -0.05) is 17.7 Å². The van der Waals surface area contributed by atoms with Crippen molar-refractivity contribution in [1.82, 2.24) is 0 Å². The lowest BCUT2D eigenvalue weighted by Gasteiger charge is -2.09. The van der Waals surface area contributed by atoms with Crippen molar-refractivity contribution in [3.63, 3.8) is 0 Å². The summed E-state index contributed by atoms with van der Waals surface area (Å²) in [6.07, 6.45) is 0. The molecule has 2 rings (SSSR count). The summed E-state index contributed by atoms with van der Waals surface area (Å²) in [5, 5.41) is 12.7. The lowest BCUT2D eigenvalue weighted by Crippen LogP contribution is -2.00. The molecule has 0 spiro atoms. The van der Waals surface area contributed by atoms with Crippen molar-refractivity contribution in [2.75, 3.05) is 11.9 Å². The van der Waals surface area contributed by atoms with Gasteiger partial charge in [0.2, 0.25) is 0 Å². The van der Waals surface area contributed by atoms with Crippen LogP contribution in [0.15, 0.2) is 42.5 Å². The number of benzene rings is 2. The second-order valence-electron chi connectivity index (χ2n) is 4.23. The van der Waals surface area contributed by atoms with Crippen molar-refractivity contribution in [2.24, 2.45) is 0 Å². The van der Waals surface area contributed by atoms with Crippen LogP contribution in [0.1, 0.15) is 18.1 Å². The number of nitriles is 1. The first kappa shape index (κ1) is 14.2. The van der Waals surface area contributed by atoms with E-state index in [9.17, 15) is 0 Å². The van der Waals surface area contributed by atoms with Crippen LogP contribution in [0.5, 0.6) is 5.75 Å². The Balaban J connectivity index is 2.00. The summed E-state index contributed by atoms with van der Waals surface area (Å²) < 4.78 is 5.39. The molecule has 4 heteroatoms. The van der Waals surface area contributed by atoms with Crippen molar-refractivity contribution in [1.29, 1.82) is 5.26 Å². The van der Waals surface area contributed by atoms with E-state index in [-0.39, 0.29) is 0 Å². The lowest BCUT2D eigenvalue weighted by atomic mass is 10.1. The summed E-state index contributed by atoms with van der Waals surface area (Å²) in [4.78, 5) is 0. The average molecular weight is 287 g/mol. The molecule has 0 bridgehead atoms. The molecule has 0 heterocycles. The Morgan fingerprint density at radius 1 is 1.20 bits per heavy atom. The summed E-state index contributed by atoms with van der Waals surface area (Å²) >= 11 is 6.13. The zero-order valence-corrected chi connectivity index (χ0v) is 11.9. The molecule has 3 nitrogen and oxygen atoms in total. The van der Waals surface area contributed by atoms with Gasteiger partial charge in [0.15, 0.2) is 0 Å². The number of anilines is 1. The standard InChI is InChI=1S/C16H15ClN2O/c1-2-20-15-7-5-14(6-8-15)19-11-13-4-3-12(10-18)9-16(13)17/h3-9,19H,2,11H2,1H3. The molecule has 0 aliphatic heterocycles. The van der Waals surface area contributed by atoms with E-state index in [1.807, 2.05) is 37.3 Å². The molecule has 20 heavy (non-hydrogen) atoms. The largest absolute Gasteiger partial charge is 0.494 e. The molecule has 0 aliphatic rings. The van der Waals surface area contributed by atoms with Gasteiger partial charge in [-0.15, -0.1) is 0 Å². The number of hydrogen-bond acceptors (Lipinski definition) is 3. The van der Waals surface area contributed by atoms with Crippen LogP contribution in [0.25, 0.3) is 0 Å². The summed E-state index contributed by atoms with van der Waals surface area (Å²) in [5.74, 6) is 0.856. The second-order valence-corrected chi connectivity index (χ2v) is 4.64. The Hall–Kier alpha value is -2.18. The highest BCUT2D eigenvalue weighted by molar-refractivity contribution is 6.31. The van der Waals surface area contributed by atoms with Crippen LogP contribution in [0.2, 0.25) is 5.02 Å². The molecule has 0 fully saturated rings. The number of nitrogens with one attached hydrogen (secondary N) is 1. The third-order valence-corrected chi connectivity index (χ3v) is 3.18. The first-order valence-corrected chi connectivity index (χ1v) is 6.76. The van der Waals surface area contributed by atoms with E-state index < -0.39 is 0 Å². The zero-order valence-electron chi connectivity index (χ0n) is 11.2. The highest BCUT2D eigenvalue weighted by Crippen LogP contribution is 2.20. The van der Waals surface area contributed by atoms with Gasteiger partial charge in [-0.05, 0) is 48.9 Å². The molecule has 1 N–H and O–H groups in total. The van der Waals surface area contributed by atoms with Crippen LogP contribution in [0, 0.1) is 11.3 Å². The number of hydrogen-bond donors (Lipinski definition) is 1. The molecular weight excluding hydrogens is 272 g/mol. The summed E-state index contributed by atoms with van der Waals surface area (Å²) in [7, 11) is 0. The monoisotopic (exact) mass is 286 g/mol. The predicted octanol–water partition coefficient (Wildman–Crippen LogP) is 4.22. The lowest BCUT2D eigenvalue weighted by molar-refractivity contribution is 0.340. The highest BCUT2D eigenvalue weighted by Gasteiger charge is 2.02. The molecule has 0 saturated carbocycles. The molecule has 0 saturated heterocycles. The van der Waals surface area contributed by atoms with Crippen molar-refractivity contribution < 1.29 is 4.74 Å². The summed E-state index contributed by atoms with van der Waals surface area (Å²) in [6.45, 7) is 3.23. The Morgan fingerprint density at radius 3 is 2.55 bits per heavy atom. The van der Waals surface area contributed by atoms with E-state index in [2.05, 4.69) is 11.4 Å². The van der Waals surface area contributed by atoms with E-state index in [0.29, 0.717) is 23.7 Å². The molecule has 0 aromatic heterocycles. The Kier molecular flexibility index (Phi) is 4.86. The fourth-order valence-electron chi connectivity index (χ4n) is 1.79. The van der Waals surface area contributed by atoms with Gasteiger partial charge in [-0.3, -0.25) is 0 Å². The second kappa shape index (κ2) is 6.83. The number of halogens is 1. The van der Waals surface area contributed by atoms with Gasteiger partial charge in [0.25, 0.3) is 0 Å². The van der Waals surface area contributed by atoms with Gasteiger partial charge < -0.3 is 10.1 Å². The molecule has 2 aromatic rings. The fourth-order valence-corrected chi connectivity index (χ4v) is 2.04. The molecule has 2 aromatic carbocycles. The quantitative estimate of drug-likeness (QED) is 0.895. The van der Waals surface area contributed by atoms with E-state index in [4.69, 9.17) is 21.6 Å². The number of ether oxygens (including phenoxy) is 1. The third kappa shape index (κ3) is 3.66. The van der Waals surface area contributed by atoms with Crippen molar-refractivity contribution >= 4 is 17.3 Å². The normalized spacial score (nSPS) is 9.85. The topological polar surface area (TPSA) is 45.0 Å². The highest BCUT2D eigenvalue weighted by atomic mass is 35.5. The first-order chi connectivity index (χ1) is 9.72. The van der Waals surface area contributed by atoms with Crippen molar-refractivity contribution in [3.05, 3.63) is 58.6 Å².